The smallest absolute Gasteiger partial charge is 0.241 e. The van der Waals surface area contributed by atoms with Gasteiger partial charge in [-0.15, -0.1) is 0 Å². The lowest BCUT2D eigenvalue weighted by Crippen LogP contribution is -1.85. The third-order valence-corrected chi connectivity index (χ3v) is 1.59. The van der Waals surface area contributed by atoms with Gasteiger partial charge in [0, 0.05) is 6.20 Å². The molecule has 0 fully saturated rings. The zero-order valence-corrected chi connectivity index (χ0v) is 7.21. The summed E-state index contributed by atoms with van der Waals surface area (Å²) in [4.78, 5) is 8.06. The van der Waals surface area contributed by atoms with E-state index in [0.717, 1.165) is 0 Å². The second kappa shape index (κ2) is 3.66. The zero-order valence-electron chi connectivity index (χ0n) is 7.21. The maximum Gasteiger partial charge on any atom is 0.241 e. The zero-order chi connectivity index (χ0) is 9.80. The third-order valence-electron chi connectivity index (χ3n) is 1.59. The molecule has 0 radical (unpaired) electrons. The Morgan fingerprint density at radius 3 is 3.07 bits per heavy atom. The molecule has 0 atom stereocenters. The summed E-state index contributed by atoms with van der Waals surface area (Å²) >= 11 is 0. The molecule has 0 aliphatic heterocycles. The van der Waals surface area contributed by atoms with E-state index in [0.29, 0.717) is 17.4 Å². The van der Waals surface area contributed by atoms with Crippen molar-refractivity contribution < 1.29 is 4.52 Å². The molecule has 68 valence electrons. The van der Waals surface area contributed by atoms with Crippen LogP contribution in [0.25, 0.3) is 11.5 Å². The second-order valence-corrected chi connectivity index (χ2v) is 2.56. The predicted molar refractivity (Wildman–Crippen MR) is 46.8 cm³/mol. The van der Waals surface area contributed by atoms with Crippen molar-refractivity contribution in [1.82, 2.24) is 15.1 Å². The third kappa shape index (κ3) is 1.59. The molecule has 0 aromatic carbocycles. The van der Waals surface area contributed by atoms with E-state index in [1.807, 2.05) is 12.1 Å². The van der Waals surface area contributed by atoms with Crippen molar-refractivity contribution in [2.24, 2.45) is 0 Å². The van der Waals surface area contributed by atoms with Crippen molar-refractivity contribution in [2.45, 2.75) is 6.42 Å². The Hall–Kier alpha value is -2.22. The highest BCUT2D eigenvalue weighted by Gasteiger charge is 2.07. The van der Waals surface area contributed by atoms with Crippen molar-refractivity contribution in [2.75, 3.05) is 0 Å². The van der Waals surface area contributed by atoms with Gasteiger partial charge in [0.05, 0.1) is 6.07 Å². The van der Waals surface area contributed by atoms with Crippen LogP contribution in [-0.2, 0) is 6.42 Å². The first-order valence-electron chi connectivity index (χ1n) is 4.01. The molecule has 2 aromatic heterocycles. The van der Waals surface area contributed by atoms with E-state index in [2.05, 4.69) is 15.1 Å². The van der Waals surface area contributed by atoms with Gasteiger partial charge in [-0.25, -0.2) is 0 Å². The van der Waals surface area contributed by atoms with E-state index in [9.17, 15) is 0 Å². The first-order chi connectivity index (χ1) is 6.90. The van der Waals surface area contributed by atoms with Gasteiger partial charge in [0.15, 0.2) is 0 Å². The minimum atomic E-state index is 0.125. The highest BCUT2D eigenvalue weighted by Crippen LogP contribution is 2.11. The van der Waals surface area contributed by atoms with E-state index < -0.39 is 0 Å². The molecule has 5 heteroatoms. The van der Waals surface area contributed by atoms with E-state index >= 15 is 0 Å². The Bertz CT molecular complexity index is 457. The van der Waals surface area contributed by atoms with Crippen LogP contribution < -0.4 is 0 Å². The second-order valence-electron chi connectivity index (χ2n) is 2.56. The molecule has 0 saturated heterocycles. The quantitative estimate of drug-likeness (QED) is 0.704. The molecule has 2 rings (SSSR count). The summed E-state index contributed by atoms with van der Waals surface area (Å²) in [6.45, 7) is 0. The SMILES string of the molecule is N#CCc1nc(-c2ccccn2)no1. The van der Waals surface area contributed by atoms with E-state index in [1.54, 1.807) is 18.3 Å². The Kier molecular flexibility index (Phi) is 2.19. The van der Waals surface area contributed by atoms with Crippen LogP contribution in [0.3, 0.4) is 0 Å². The summed E-state index contributed by atoms with van der Waals surface area (Å²) < 4.78 is 4.84. The first kappa shape index (κ1) is 8.38. The molecular formula is C9H6N4O. The van der Waals surface area contributed by atoms with Crippen molar-refractivity contribution in [1.29, 1.82) is 5.26 Å². The normalized spacial score (nSPS) is 9.64. The van der Waals surface area contributed by atoms with Crippen molar-refractivity contribution in [3.05, 3.63) is 30.3 Å². The molecule has 14 heavy (non-hydrogen) atoms. The van der Waals surface area contributed by atoms with Crippen LogP contribution in [0.4, 0.5) is 0 Å². The summed E-state index contributed by atoms with van der Waals surface area (Å²) in [7, 11) is 0. The van der Waals surface area contributed by atoms with Gasteiger partial charge in [0.2, 0.25) is 11.7 Å². The summed E-state index contributed by atoms with van der Waals surface area (Å²) in [5, 5.41) is 12.1. The Morgan fingerprint density at radius 1 is 1.43 bits per heavy atom. The monoisotopic (exact) mass is 186 g/mol. The number of hydrogen-bond donors (Lipinski definition) is 0. The first-order valence-corrected chi connectivity index (χ1v) is 4.01. The summed E-state index contributed by atoms with van der Waals surface area (Å²) in [5.74, 6) is 0.726. The van der Waals surface area contributed by atoms with Crippen LogP contribution in [0.5, 0.6) is 0 Å². The van der Waals surface area contributed by atoms with Gasteiger partial charge in [-0.1, -0.05) is 11.2 Å². The van der Waals surface area contributed by atoms with Crippen LogP contribution in [0.15, 0.2) is 28.9 Å². The van der Waals surface area contributed by atoms with Gasteiger partial charge < -0.3 is 4.52 Å². The van der Waals surface area contributed by atoms with Gasteiger partial charge in [0.1, 0.15) is 12.1 Å². The minimum Gasteiger partial charge on any atom is -0.338 e. The Balaban J connectivity index is 2.31. The standard InChI is InChI=1S/C9H6N4O/c10-5-4-8-12-9(13-14-8)7-3-1-2-6-11-7/h1-3,6H,4H2. The fourth-order valence-corrected chi connectivity index (χ4v) is 0.993. The van der Waals surface area contributed by atoms with Gasteiger partial charge in [-0.2, -0.15) is 10.2 Å². The highest BCUT2D eigenvalue weighted by molar-refractivity contribution is 5.47. The molecule has 0 N–H and O–H groups in total. The summed E-state index contributed by atoms with van der Waals surface area (Å²) in [6.07, 6.45) is 1.77. The average Bonchev–Trinajstić information content (AvgIpc) is 2.68. The highest BCUT2D eigenvalue weighted by atomic mass is 16.5. The average molecular weight is 186 g/mol. The maximum absolute atomic E-state index is 8.41. The number of nitrogens with zero attached hydrogens (tertiary/aromatic N) is 4. The van der Waals surface area contributed by atoms with E-state index in [4.69, 9.17) is 9.78 Å². The van der Waals surface area contributed by atoms with Crippen LogP contribution >= 0.6 is 0 Å². The molecular weight excluding hydrogens is 180 g/mol. The topological polar surface area (TPSA) is 75.6 Å². The van der Waals surface area contributed by atoms with Crippen molar-refractivity contribution >= 4 is 0 Å². The number of nitriles is 1. The molecule has 0 amide bonds. The molecule has 2 aromatic rings. The minimum absolute atomic E-state index is 0.125. The molecule has 0 saturated carbocycles. The lowest BCUT2D eigenvalue weighted by atomic mass is 10.3. The summed E-state index contributed by atoms with van der Waals surface area (Å²) in [6, 6.07) is 7.35. The molecule has 0 bridgehead atoms. The molecule has 5 nitrogen and oxygen atoms in total. The molecule has 0 aliphatic carbocycles. The van der Waals surface area contributed by atoms with E-state index in [-0.39, 0.29) is 6.42 Å². The molecule has 0 spiro atoms. The Labute approximate surface area is 80.0 Å². The van der Waals surface area contributed by atoms with Gasteiger partial charge >= 0.3 is 0 Å². The number of rotatable bonds is 2. The number of hydrogen-bond acceptors (Lipinski definition) is 5. The van der Waals surface area contributed by atoms with Crippen LogP contribution in [0.2, 0.25) is 0 Å². The lowest BCUT2D eigenvalue weighted by molar-refractivity contribution is 0.387. The fraction of sp³-hybridized carbons (Fsp3) is 0.111. The number of aromatic nitrogens is 3. The maximum atomic E-state index is 8.41. The van der Waals surface area contributed by atoms with Crippen LogP contribution in [0, 0.1) is 11.3 Å². The lowest BCUT2D eigenvalue weighted by Gasteiger charge is -1.88. The largest absolute Gasteiger partial charge is 0.338 e. The predicted octanol–water partition coefficient (Wildman–Crippen LogP) is 1.20. The molecule has 0 aliphatic rings. The van der Waals surface area contributed by atoms with Gasteiger partial charge in [0.25, 0.3) is 0 Å². The van der Waals surface area contributed by atoms with Crippen molar-refractivity contribution in [3.63, 3.8) is 0 Å². The van der Waals surface area contributed by atoms with E-state index in [1.165, 1.54) is 0 Å². The fourth-order valence-electron chi connectivity index (χ4n) is 0.993. The summed E-state index contributed by atoms with van der Waals surface area (Å²) in [5.41, 5.74) is 0.639. The molecule has 0 unspecified atom stereocenters. The van der Waals surface area contributed by atoms with Crippen LogP contribution in [-0.4, -0.2) is 15.1 Å². The Morgan fingerprint density at radius 2 is 2.36 bits per heavy atom. The van der Waals surface area contributed by atoms with Crippen LogP contribution in [0.1, 0.15) is 5.89 Å². The number of pyridine rings is 1. The molecule has 2 heterocycles. The van der Waals surface area contributed by atoms with Gasteiger partial charge in [-0.3, -0.25) is 4.98 Å². The van der Waals surface area contributed by atoms with Crippen molar-refractivity contribution in [3.8, 4) is 17.6 Å². The van der Waals surface area contributed by atoms with Gasteiger partial charge in [-0.05, 0) is 12.1 Å².